The van der Waals surface area contributed by atoms with Gasteiger partial charge in [0.2, 0.25) is 10.0 Å². The summed E-state index contributed by atoms with van der Waals surface area (Å²) in [4.78, 5) is 0. The second-order valence-electron chi connectivity index (χ2n) is 4.08. The van der Waals surface area contributed by atoms with Gasteiger partial charge in [0.15, 0.2) is 0 Å². The van der Waals surface area contributed by atoms with Crippen LogP contribution in [-0.2, 0) is 14.8 Å². The van der Waals surface area contributed by atoms with Crippen LogP contribution in [0.2, 0.25) is 0 Å². The van der Waals surface area contributed by atoms with Gasteiger partial charge in [-0.25, -0.2) is 8.42 Å². The maximum Gasteiger partial charge on any atom is 0.216 e. The number of nitrogens with zero attached hydrogens (tertiary/aromatic N) is 1. The summed E-state index contributed by atoms with van der Waals surface area (Å²) in [5.41, 5.74) is 0. The molecule has 6 heteroatoms. The molecule has 1 heterocycles. The molecule has 1 rings (SSSR count). The molecule has 1 saturated heterocycles. The summed E-state index contributed by atoms with van der Waals surface area (Å²) in [6.45, 7) is 0.845. The van der Waals surface area contributed by atoms with Gasteiger partial charge in [0.1, 0.15) is 0 Å². The van der Waals surface area contributed by atoms with E-state index < -0.39 is 10.0 Å². The van der Waals surface area contributed by atoms with Gasteiger partial charge in [-0.3, -0.25) is 0 Å². The Morgan fingerprint density at radius 2 is 2.12 bits per heavy atom. The number of sulfonamides is 1. The third-order valence-electron chi connectivity index (χ3n) is 2.90. The zero-order valence-electron chi connectivity index (χ0n) is 9.69. The van der Waals surface area contributed by atoms with Gasteiger partial charge in [-0.1, -0.05) is 12.8 Å². The molecule has 96 valence electrons. The van der Waals surface area contributed by atoms with Crippen LogP contribution < -0.4 is 0 Å². The van der Waals surface area contributed by atoms with Crippen molar-refractivity contribution >= 4 is 21.6 Å². The van der Waals surface area contributed by atoms with Crippen LogP contribution in [0.4, 0.5) is 0 Å². The van der Waals surface area contributed by atoms with Crippen molar-refractivity contribution in [3.63, 3.8) is 0 Å². The molecule has 1 fully saturated rings. The summed E-state index contributed by atoms with van der Waals surface area (Å²) in [5, 5.41) is 0. The van der Waals surface area contributed by atoms with Crippen LogP contribution in [0.25, 0.3) is 0 Å². The van der Waals surface area contributed by atoms with Crippen molar-refractivity contribution < 1.29 is 13.2 Å². The van der Waals surface area contributed by atoms with Crippen LogP contribution in [0.3, 0.4) is 0 Å². The summed E-state index contributed by atoms with van der Waals surface area (Å²) < 4.78 is 30.5. The van der Waals surface area contributed by atoms with E-state index in [0.717, 1.165) is 25.7 Å². The number of rotatable bonds is 5. The van der Waals surface area contributed by atoms with E-state index in [1.54, 1.807) is 4.31 Å². The van der Waals surface area contributed by atoms with Gasteiger partial charge in [0.25, 0.3) is 0 Å². The fourth-order valence-corrected chi connectivity index (χ4v) is 4.03. The number of hydrogen-bond donors (Lipinski definition) is 0. The van der Waals surface area contributed by atoms with Gasteiger partial charge in [0.05, 0.1) is 12.4 Å². The number of methoxy groups -OCH3 is 1. The summed E-state index contributed by atoms with van der Waals surface area (Å²) in [6.07, 6.45) is 3.95. The van der Waals surface area contributed by atoms with Crippen molar-refractivity contribution in [1.82, 2.24) is 4.31 Å². The average molecular weight is 270 g/mol. The predicted octanol–water partition coefficient (Wildman–Crippen LogP) is 1.45. The van der Waals surface area contributed by atoms with E-state index in [0.29, 0.717) is 12.4 Å². The van der Waals surface area contributed by atoms with E-state index in [9.17, 15) is 8.42 Å². The van der Waals surface area contributed by atoms with Crippen LogP contribution in [0.1, 0.15) is 25.7 Å². The molecule has 0 amide bonds. The van der Waals surface area contributed by atoms with Gasteiger partial charge in [-0.05, 0) is 12.8 Å². The summed E-state index contributed by atoms with van der Waals surface area (Å²) in [5.74, 6) is 0.434. The number of ether oxygens (including phenoxy) is 1. The molecule has 1 unspecified atom stereocenters. The highest BCUT2D eigenvalue weighted by Crippen LogP contribution is 2.21. The highest BCUT2D eigenvalue weighted by molar-refractivity contribution is 7.89. The Balaban J connectivity index is 2.72. The highest BCUT2D eigenvalue weighted by Gasteiger charge is 2.30. The average Bonchev–Trinajstić information content (AvgIpc) is 2.51. The van der Waals surface area contributed by atoms with Gasteiger partial charge in [0, 0.05) is 25.6 Å². The molecule has 4 nitrogen and oxygen atoms in total. The lowest BCUT2D eigenvalue weighted by Gasteiger charge is -2.27. The first-order valence-electron chi connectivity index (χ1n) is 5.66. The first kappa shape index (κ1) is 14.2. The summed E-state index contributed by atoms with van der Waals surface area (Å²) in [6, 6.07) is -0.0361. The molecule has 0 aromatic rings. The van der Waals surface area contributed by atoms with E-state index >= 15 is 0 Å². The molecule has 1 atom stereocenters. The summed E-state index contributed by atoms with van der Waals surface area (Å²) in [7, 11) is -1.70. The van der Waals surface area contributed by atoms with Gasteiger partial charge in [-0.2, -0.15) is 4.31 Å². The number of halogens is 1. The minimum absolute atomic E-state index is 0.0361. The maximum atomic E-state index is 12.1. The van der Waals surface area contributed by atoms with E-state index in [1.807, 2.05) is 0 Å². The predicted molar refractivity (Wildman–Crippen MR) is 65.3 cm³/mol. The minimum Gasteiger partial charge on any atom is -0.384 e. The largest absolute Gasteiger partial charge is 0.384 e. The molecular weight excluding hydrogens is 250 g/mol. The lowest BCUT2D eigenvalue weighted by Crippen LogP contribution is -2.42. The molecule has 16 heavy (non-hydrogen) atoms. The van der Waals surface area contributed by atoms with Crippen LogP contribution in [0, 0.1) is 0 Å². The van der Waals surface area contributed by atoms with Crippen molar-refractivity contribution in [2.45, 2.75) is 31.7 Å². The molecule has 0 aliphatic carbocycles. The number of alkyl halides is 1. The Morgan fingerprint density at radius 1 is 1.38 bits per heavy atom. The lowest BCUT2D eigenvalue weighted by atomic mass is 10.1. The third kappa shape index (κ3) is 3.87. The highest BCUT2D eigenvalue weighted by atomic mass is 35.5. The van der Waals surface area contributed by atoms with Crippen LogP contribution in [0.15, 0.2) is 0 Å². The van der Waals surface area contributed by atoms with Crippen molar-refractivity contribution in [1.29, 1.82) is 0 Å². The normalized spacial score (nSPS) is 24.2. The van der Waals surface area contributed by atoms with Crippen molar-refractivity contribution in [2.24, 2.45) is 0 Å². The van der Waals surface area contributed by atoms with Crippen molar-refractivity contribution in [3.8, 4) is 0 Å². The molecule has 0 N–H and O–H groups in total. The molecule has 0 aromatic carbocycles. The zero-order valence-corrected chi connectivity index (χ0v) is 11.3. The molecule has 0 radical (unpaired) electrons. The molecule has 1 aliphatic heterocycles. The van der Waals surface area contributed by atoms with E-state index in [2.05, 4.69) is 0 Å². The molecule has 0 aromatic heterocycles. The maximum absolute atomic E-state index is 12.1. The van der Waals surface area contributed by atoms with Gasteiger partial charge >= 0.3 is 0 Å². The van der Waals surface area contributed by atoms with Crippen LogP contribution >= 0.6 is 11.6 Å². The Kier molecular flexibility index (Phi) is 6.03. The first-order chi connectivity index (χ1) is 7.61. The third-order valence-corrected chi connectivity index (χ3v) is 5.14. The SMILES string of the molecule is COCCS(=O)(=O)N1CCCCCC1CCl. The lowest BCUT2D eigenvalue weighted by molar-refractivity contribution is 0.214. The Hall–Kier alpha value is 0.160. The van der Waals surface area contributed by atoms with E-state index in [-0.39, 0.29) is 18.4 Å². The first-order valence-corrected chi connectivity index (χ1v) is 7.80. The van der Waals surface area contributed by atoms with E-state index in [4.69, 9.17) is 16.3 Å². The minimum atomic E-state index is -3.21. The van der Waals surface area contributed by atoms with Crippen molar-refractivity contribution in [2.75, 3.05) is 31.9 Å². The fraction of sp³-hybridized carbons (Fsp3) is 1.00. The molecule has 0 bridgehead atoms. The molecule has 1 aliphatic rings. The fourth-order valence-electron chi connectivity index (χ4n) is 1.98. The van der Waals surface area contributed by atoms with Gasteiger partial charge < -0.3 is 4.74 Å². The topological polar surface area (TPSA) is 46.6 Å². The Morgan fingerprint density at radius 3 is 2.75 bits per heavy atom. The second-order valence-corrected chi connectivity index (χ2v) is 6.43. The van der Waals surface area contributed by atoms with Crippen molar-refractivity contribution in [3.05, 3.63) is 0 Å². The van der Waals surface area contributed by atoms with Crippen LogP contribution in [-0.4, -0.2) is 50.7 Å². The van der Waals surface area contributed by atoms with Crippen LogP contribution in [0.5, 0.6) is 0 Å². The standard InChI is InChI=1S/C10H20ClNO3S/c1-15-7-8-16(13,14)12-6-4-2-3-5-10(12)9-11/h10H,2-9H2,1H3. The molecule has 0 saturated carbocycles. The quantitative estimate of drug-likeness (QED) is 0.710. The monoisotopic (exact) mass is 269 g/mol. The molecule has 0 spiro atoms. The zero-order chi connectivity index (χ0) is 12.0. The van der Waals surface area contributed by atoms with E-state index in [1.165, 1.54) is 7.11 Å². The Bertz CT molecular complexity index is 294. The summed E-state index contributed by atoms with van der Waals surface area (Å²) >= 11 is 5.85. The van der Waals surface area contributed by atoms with Gasteiger partial charge in [-0.15, -0.1) is 11.6 Å². The second kappa shape index (κ2) is 6.79. The smallest absolute Gasteiger partial charge is 0.216 e. The molecular formula is C10H20ClNO3S. The number of hydrogen-bond acceptors (Lipinski definition) is 3. The Labute approximate surface area is 103 Å².